The van der Waals surface area contributed by atoms with Crippen molar-refractivity contribution in [3.05, 3.63) is 0 Å². The number of carbonyl (C=O) groups excluding carboxylic acids is 1. The fourth-order valence-electron chi connectivity index (χ4n) is 3.18. The van der Waals surface area contributed by atoms with Gasteiger partial charge in [-0.3, -0.25) is 9.69 Å². The second-order valence-corrected chi connectivity index (χ2v) is 6.15. The van der Waals surface area contributed by atoms with Crippen molar-refractivity contribution in [1.29, 1.82) is 0 Å². The quantitative estimate of drug-likeness (QED) is 0.844. The van der Waals surface area contributed by atoms with Gasteiger partial charge in [-0.1, -0.05) is 0 Å². The molecular weight excluding hydrogens is 264 g/mol. The van der Waals surface area contributed by atoms with Crippen molar-refractivity contribution in [2.75, 3.05) is 46.3 Å². The maximum atomic E-state index is 13.4. The Morgan fingerprint density at radius 1 is 1.40 bits per heavy atom. The third-order valence-electron chi connectivity index (χ3n) is 4.19. The number of carbonyl (C=O) groups is 1. The molecule has 0 spiro atoms. The number of likely N-dealkylation sites (N-methyl/N-ethyl adjacent to an activating group) is 1. The molecule has 1 unspecified atom stereocenters. The Balaban J connectivity index is 1.74. The zero-order chi connectivity index (χ0) is 14.6. The number of amides is 1. The first kappa shape index (κ1) is 15.6. The molecule has 4 nitrogen and oxygen atoms in total. The zero-order valence-electron chi connectivity index (χ0n) is 12.2. The third-order valence-corrected chi connectivity index (χ3v) is 4.19. The van der Waals surface area contributed by atoms with Crippen molar-refractivity contribution in [3.8, 4) is 0 Å². The molecule has 1 aliphatic carbocycles. The largest absolute Gasteiger partial charge is 0.339 e. The van der Waals surface area contributed by atoms with E-state index in [1.807, 2.05) is 16.8 Å². The molecule has 2 rings (SSSR count). The first-order valence-corrected chi connectivity index (χ1v) is 7.51. The lowest BCUT2D eigenvalue weighted by Gasteiger charge is -2.33. The van der Waals surface area contributed by atoms with Crippen molar-refractivity contribution < 1.29 is 13.6 Å². The molecule has 0 aromatic carbocycles. The summed E-state index contributed by atoms with van der Waals surface area (Å²) in [6.07, 6.45) is 1.44. The number of hydrogen-bond acceptors (Lipinski definition) is 3. The Kier molecular flexibility index (Phi) is 5.32. The molecule has 20 heavy (non-hydrogen) atoms. The van der Waals surface area contributed by atoms with Gasteiger partial charge in [-0.25, -0.2) is 8.78 Å². The molecule has 0 aromatic rings. The molecule has 2 aliphatic rings. The first-order chi connectivity index (χ1) is 9.46. The number of alkyl halides is 2. The van der Waals surface area contributed by atoms with Crippen LogP contribution in [0.3, 0.4) is 0 Å². The van der Waals surface area contributed by atoms with E-state index in [1.165, 1.54) is 0 Å². The summed E-state index contributed by atoms with van der Waals surface area (Å²) < 4.78 is 26.7. The van der Waals surface area contributed by atoms with Crippen molar-refractivity contribution in [1.82, 2.24) is 15.1 Å². The normalized spacial score (nSPS) is 26.8. The van der Waals surface area contributed by atoms with Crippen LogP contribution in [0.25, 0.3) is 0 Å². The monoisotopic (exact) mass is 289 g/mol. The van der Waals surface area contributed by atoms with Gasteiger partial charge >= 0.3 is 0 Å². The van der Waals surface area contributed by atoms with Crippen molar-refractivity contribution in [2.45, 2.75) is 31.6 Å². The van der Waals surface area contributed by atoms with Crippen LogP contribution in [0.15, 0.2) is 0 Å². The lowest BCUT2D eigenvalue weighted by atomic mass is 9.86. The smallest absolute Gasteiger partial charge is 0.248 e. The Morgan fingerprint density at radius 2 is 2.10 bits per heavy atom. The highest BCUT2D eigenvalue weighted by Crippen LogP contribution is 2.36. The van der Waals surface area contributed by atoms with Crippen LogP contribution in [-0.4, -0.2) is 67.9 Å². The summed E-state index contributed by atoms with van der Waals surface area (Å²) >= 11 is 0. The fourth-order valence-corrected chi connectivity index (χ4v) is 3.18. The van der Waals surface area contributed by atoms with Gasteiger partial charge in [-0.05, 0) is 25.8 Å². The van der Waals surface area contributed by atoms with Gasteiger partial charge in [0.05, 0.1) is 6.54 Å². The minimum Gasteiger partial charge on any atom is -0.339 e. The van der Waals surface area contributed by atoms with E-state index in [0.29, 0.717) is 19.5 Å². The van der Waals surface area contributed by atoms with Gasteiger partial charge in [-0.15, -0.1) is 0 Å². The summed E-state index contributed by atoms with van der Waals surface area (Å²) in [6.45, 7) is 4.09. The van der Waals surface area contributed by atoms with Crippen LogP contribution in [0, 0.1) is 5.92 Å². The molecule has 1 aliphatic heterocycles. The summed E-state index contributed by atoms with van der Waals surface area (Å²) in [5.41, 5.74) is 0. The summed E-state index contributed by atoms with van der Waals surface area (Å²) in [5.74, 6) is -2.39. The summed E-state index contributed by atoms with van der Waals surface area (Å²) in [4.78, 5) is 15.8. The molecule has 116 valence electrons. The van der Waals surface area contributed by atoms with Gasteiger partial charge < -0.3 is 10.2 Å². The molecule has 0 bridgehead atoms. The molecule has 1 N–H and O–H groups in total. The molecular formula is C14H25F2N3O. The second-order valence-electron chi connectivity index (χ2n) is 6.15. The van der Waals surface area contributed by atoms with E-state index in [2.05, 4.69) is 5.32 Å². The van der Waals surface area contributed by atoms with Gasteiger partial charge in [0.1, 0.15) is 0 Å². The van der Waals surface area contributed by atoms with Gasteiger partial charge in [0.25, 0.3) is 0 Å². The van der Waals surface area contributed by atoms with Gasteiger partial charge in [0.15, 0.2) is 0 Å². The van der Waals surface area contributed by atoms with E-state index in [4.69, 9.17) is 0 Å². The van der Waals surface area contributed by atoms with E-state index < -0.39 is 5.92 Å². The highest BCUT2D eigenvalue weighted by atomic mass is 19.3. The van der Waals surface area contributed by atoms with Crippen molar-refractivity contribution in [2.24, 2.45) is 5.92 Å². The van der Waals surface area contributed by atoms with Crippen molar-refractivity contribution >= 4 is 5.91 Å². The molecule has 1 saturated heterocycles. The Labute approximate surface area is 119 Å². The maximum Gasteiger partial charge on any atom is 0.248 e. The van der Waals surface area contributed by atoms with Crippen LogP contribution >= 0.6 is 0 Å². The second kappa shape index (κ2) is 6.80. The predicted octanol–water partition coefficient (Wildman–Crippen LogP) is 1.18. The van der Waals surface area contributed by atoms with E-state index in [9.17, 15) is 13.6 Å². The van der Waals surface area contributed by atoms with E-state index >= 15 is 0 Å². The number of piperazine rings is 1. The van der Waals surface area contributed by atoms with E-state index in [-0.39, 0.29) is 24.7 Å². The molecule has 1 saturated carbocycles. The minimum atomic E-state index is -2.51. The molecule has 1 atom stereocenters. The highest BCUT2D eigenvalue weighted by Gasteiger charge is 2.36. The Morgan fingerprint density at radius 3 is 2.75 bits per heavy atom. The Bertz CT molecular complexity index is 332. The molecule has 2 fully saturated rings. The zero-order valence-corrected chi connectivity index (χ0v) is 12.2. The van der Waals surface area contributed by atoms with Gasteiger partial charge in [0.2, 0.25) is 11.8 Å². The summed E-state index contributed by atoms with van der Waals surface area (Å²) in [7, 11) is 1.85. The van der Waals surface area contributed by atoms with Gasteiger partial charge in [-0.2, -0.15) is 0 Å². The van der Waals surface area contributed by atoms with Crippen LogP contribution in [0.5, 0.6) is 0 Å². The molecule has 0 aromatic heterocycles. The SMILES string of the molecule is CN(CC(=O)N1CCNCC1)CC1CCCC(F)(F)C1. The first-order valence-electron chi connectivity index (χ1n) is 7.51. The van der Waals surface area contributed by atoms with E-state index in [0.717, 1.165) is 32.6 Å². The van der Waals surface area contributed by atoms with Crippen LogP contribution in [0.1, 0.15) is 25.7 Å². The fraction of sp³-hybridized carbons (Fsp3) is 0.929. The lowest BCUT2D eigenvalue weighted by molar-refractivity contribution is -0.133. The van der Waals surface area contributed by atoms with Crippen LogP contribution in [0.2, 0.25) is 0 Å². The number of nitrogens with zero attached hydrogens (tertiary/aromatic N) is 2. The third kappa shape index (κ3) is 4.66. The average Bonchev–Trinajstić information content (AvgIpc) is 2.38. The molecule has 6 heteroatoms. The topological polar surface area (TPSA) is 35.6 Å². The van der Waals surface area contributed by atoms with Crippen LogP contribution in [0.4, 0.5) is 8.78 Å². The number of rotatable bonds is 4. The minimum absolute atomic E-state index is 0.0135. The molecule has 1 amide bonds. The lowest BCUT2D eigenvalue weighted by Crippen LogP contribution is -2.49. The van der Waals surface area contributed by atoms with Crippen LogP contribution in [-0.2, 0) is 4.79 Å². The molecule has 0 radical (unpaired) electrons. The summed E-state index contributed by atoms with van der Waals surface area (Å²) in [6, 6.07) is 0. The number of hydrogen-bond donors (Lipinski definition) is 1. The average molecular weight is 289 g/mol. The number of halogens is 2. The molecule has 1 heterocycles. The Hall–Kier alpha value is -0.750. The highest BCUT2D eigenvalue weighted by molar-refractivity contribution is 5.78. The van der Waals surface area contributed by atoms with Gasteiger partial charge in [0, 0.05) is 45.6 Å². The summed E-state index contributed by atoms with van der Waals surface area (Å²) in [5, 5.41) is 3.21. The maximum absolute atomic E-state index is 13.4. The standard InChI is InChI=1S/C14H25F2N3O/c1-18(10-12-3-2-4-14(15,16)9-12)11-13(20)19-7-5-17-6-8-19/h12,17H,2-11H2,1H3. The predicted molar refractivity (Wildman–Crippen MR) is 73.9 cm³/mol. The van der Waals surface area contributed by atoms with Crippen molar-refractivity contribution in [3.63, 3.8) is 0 Å². The van der Waals surface area contributed by atoms with Crippen LogP contribution < -0.4 is 5.32 Å². The van der Waals surface area contributed by atoms with E-state index in [1.54, 1.807) is 0 Å². The number of nitrogens with one attached hydrogen (secondary N) is 1.